The number of ether oxygens (including phenoxy) is 2. The maximum Gasteiger partial charge on any atom is 0.328 e. The fourth-order valence-electron chi connectivity index (χ4n) is 2.47. The Bertz CT molecular complexity index is 871. The van der Waals surface area contributed by atoms with Crippen molar-refractivity contribution in [2.75, 3.05) is 14.2 Å². The molecule has 0 fully saturated rings. The molecule has 9 heteroatoms. The number of carbonyl (C=O) groups excluding carboxylic acids is 2. The van der Waals surface area contributed by atoms with Gasteiger partial charge in [-0.2, -0.15) is 0 Å². The van der Waals surface area contributed by atoms with Crippen molar-refractivity contribution in [3.05, 3.63) is 68.7 Å². The van der Waals surface area contributed by atoms with E-state index >= 15 is 0 Å². The van der Waals surface area contributed by atoms with Crippen LogP contribution in [0.15, 0.2) is 42.5 Å². The van der Waals surface area contributed by atoms with Crippen LogP contribution >= 0.6 is 11.6 Å². The first-order chi connectivity index (χ1) is 12.9. The molecule has 1 N–H and O–H groups in total. The van der Waals surface area contributed by atoms with E-state index in [1.165, 1.54) is 38.5 Å². The number of carbonyl (C=O) groups is 2. The minimum atomic E-state index is -1.09. The molecule has 8 nitrogen and oxygen atoms in total. The number of non-ortho nitro benzene ring substituents is 1. The summed E-state index contributed by atoms with van der Waals surface area (Å²) in [5, 5.41) is 13.8. The van der Waals surface area contributed by atoms with Crippen LogP contribution in [0.3, 0.4) is 0 Å². The molecule has 142 valence electrons. The summed E-state index contributed by atoms with van der Waals surface area (Å²) in [4.78, 5) is 35.1. The fourth-order valence-corrected chi connectivity index (χ4v) is 2.70. The largest absolute Gasteiger partial charge is 0.496 e. The van der Waals surface area contributed by atoms with E-state index in [1.807, 2.05) is 0 Å². The zero-order valence-electron chi connectivity index (χ0n) is 14.6. The second-order valence-electron chi connectivity index (χ2n) is 5.49. The Balaban J connectivity index is 2.31. The number of amides is 1. The van der Waals surface area contributed by atoms with E-state index in [2.05, 4.69) is 5.32 Å². The number of benzene rings is 2. The van der Waals surface area contributed by atoms with Gasteiger partial charge < -0.3 is 14.8 Å². The predicted octanol–water partition coefficient (Wildman–Crippen LogP) is 2.77. The van der Waals surface area contributed by atoms with Crippen LogP contribution in [0.25, 0.3) is 0 Å². The van der Waals surface area contributed by atoms with Crippen LogP contribution in [-0.4, -0.2) is 37.1 Å². The number of nitro benzene ring substituents is 1. The van der Waals surface area contributed by atoms with Crippen LogP contribution in [0.1, 0.15) is 15.9 Å². The minimum absolute atomic E-state index is 0.0618. The summed E-state index contributed by atoms with van der Waals surface area (Å²) in [5.74, 6) is -0.925. The van der Waals surface area contributed by atoms with E-state index in [-0.39, 0.29) is 22.7 Å². The van der Waals surface area contributed by atoms with Gasteiger partial charge in [0.2, 0.25) is 0 Å². The Kier molecular flexibility index (Phi) is 6.73. The average molecular weight is 393 g/mol. The molecule has 0 saturated heterocycles. The molecule has 0 radical (unpaired) electrons. The van der Waals surface area contributed by atoms with Gasteiger partial charge in [-0.05, 0) is 18.2 Å². The lowest BCUT2D eigenvalue weighted by Gasteiger charge is -2.18. The SMILES string of the molecule is COC(=O)[C@H](Cc1cc([N+](=O)[O-])ccc1OC)NC(=O)c1ccccc1Cl. The van der Waals surface area contributed by atoms with Gasteiger partial charge in [0.25, 0.3) is 11.6 Å². The summed E-state index contributed by atoms with van der Waals surface area (Å²) in [6, 6.07) is 9.29. The van der Waals surface area contributed by atoms with Crippen LogP contribution in [0.4, 0.5) is 5.69 Å². The smallest absolute Gasteiger partial charge is 0.328 e. The number of nitrogens with zero attached hydrogens (tertiary/aromatic N) is 1. The van der Waals surface area contributed by atoms with Crippen LogP contribution < -0.4 is 10.1 Å². The number of hydrogen-bond donors (Lipinski definition) is 1. The molecule has 1 atom stereocenters. The monoisotopic (exact) mass is 392 g/mol. The molecule has 0 aliphatic rings. The van der Waals surface area contributed by atoms with Crippen molar-refractivity contribution in [3.8, 4) is 5.75 Å². The van der Waals surface area contributed by atoms with E-state index in [0.29, 0.717) is 11.3 Å². The highest BCUT2D eigenvalue weighted by molar-refractivity contribution is 6.33. The lowest BCUT2D eigenvalue weighted by molar-refractivity contribution is -0.384. The summed E-state index contributed by atoms with van der Waals surface area (Å²) < 4.78 is 9.94. The number of esters is 1. The fraction of sp³-hybridized carbons (Fsp3) is 0.222. The molecule has 0 spiro atoms. The van der Waals surface area contributed by atoms with Crippen molar-refractivity contribution in [1.82, 2.24) is 5.32 Å². The average Bonchev–Trinajstić information content (AvgIpc) is 2.66. The van der Waals surface area contributed by atoms with Crippen LogP contribution in [-0.2, 0) is 16.0 Å². The first kappa shape index (κ1) is 20.2. The molecule has 0 heterocycles. The highest BCUT2D eigenvalue weighted by Gasteiger charge is 2.25. The topological polar surface area (TPSA) is 108 Å². The second-order valence-corrected chi connectivity index (χ2v) is 5.89. The van der Waals surface area contributed by atoms with Crippen molar-refractivity contribution in [2.45, 2.75) is 12.5 Å². The minimum Gasteiger partial charge on any atom is -0.496 e. The summed E-state index contributed by atoms with van der Waals surface area (Å²) >= 11 is 6.01. The van der Waals surface area contributed by atoms with E-state index < -0.39 is 22.8 Å². The van der Waals surface area contributed by atoms with Crippen molar-refractivity contribution < 1.29 is 24.0 Å². The summed E-state index contributed by atoms with van der Waals surface area (Å²) in [6.07, 6.45) is -0.0618. The lowest BCUT2D eigenvalue weighted by atomic mass is 10.0. The quantitative estimate of drug-likeness (QED) is 0.441. The molecule has 2 aromatic rings. The maximum atomic E-state index is 12.5. The first-order valence-corrected chi connectivity index (χ1v) is 8.19. The number of hydrogen-bond acceptors (Lipinski definition) is 6. The molecule has 2 rings (SSSR count). The third kappa shape index (κ3) is 4.95. The van der Waals surface area contributed by atoms with Gasteiger partial charge in [-0.25, -0.2) is 4.79 Å². The van der Waals surface area contributed by atoms with Gasteiger partial charge in [-0.15, -0.1) is 0 Å². The van der Waals surface area contributed by atoms with Crippen LogP contribution in [0, 0.1) is 10.1 Å². The second kappa shape index (κ2) is 9.00. The molecular weight excluding hydrogens is 376 g/mol. The molecule has 0 bridgehead atoms. The molecule has 0 aliphatic carbocycles. The third-order valence-electron chi connectivity index (χ3n) is 3.81. The molecule has 27 heavy (non-hydrogen) atoms. The molecule has 0 saturated carbocycles. The van der Waals surface area contributed by atoms with Crippen molar-refractivity contribution in [1.29, 1.82) is 0 Å². The van der Waals surface area contributed by atoms with E-state index in [4.69, 9.17) is 21.1 Å². The lowest BCUT2D eigenvalue weighted by Crippen LogP contribution is -2.43. The van der Waals surface area contributed by atoms with Crippen molar-refractivity contribution in [3.63, 3.8) is 0 Å². The Morgan fingerprint density at radius 3 is 2.52 bits per heavy atom. The van der Waals surface area contributed by atoms with Crippen LogP contribution in [0.2, 0.25) is 5.02 Å². The number of halogens is 1. The Hall–Kier alpha value is -3.13. The predicted molar refractivity (Wildman–Crippen MR) is 98.1 cm³/mol. The molecule has 0 aliphatic heterocycles. The van der Waals surface area contributed by atoms with Gasteiger partial charge in [-0.1, -0.05) is 23.7 Å². The summed E-state index contributed by atoms with van der Waals surface area (Å²) in [7, 11) is 2.59. The zero-order chi connectivity index (χ0) is 20.0. The number of nitrogens with one attached hydrogen (secondary N) is 1. The zero-order valence-corrected chi connectivity index (χ0v) is 15.4. The van der Waals surface area contributed by atoms with Gasteiger partial charge >= 0.3 is 5.97 Å². The highest BCUT2D eigenvalue weighted by Crippen LogP contribution is 2.25. The molecule has 2 aromatic carbocycles. The van der Waals surface area contributed by atoms with Gasteiger partial charge in [0.1, 0.15) is 11.8 Å². The molecule has 0 unspecified atom stereocenters. The van der Waals surface area contributed by atoms with Gasteiger partial charge in [0.05, 0.1) is 29.7 Å². The Labute approximate surface area is 160 Å². The normalized spacial score (nSPS) is 11.4. The van der Waals surface area contributed by atoms with E-state index in [0.717, 1.165) is 0 Å². The van der Waals surface area contributed by atoms with E-state index in [9.17, 15) is 19.7 Å². The highest BCUT2D eigenvalue weighted by atomic mass is 35.5. The number of methoxy groups -OCH3 is 2. The first-order valence-electron chi connectivity index (χ1n) is 7.82. The number of nitro groups is 1. The van der Waals surface area contributed by atoms with Gasteiger partial charge in [0, 0.05) is 24.1 Å². The molecule has 0 aromatic heterocycles. The van der Waals surface area contributed by atoms with Gasteiger partial charge in [0.15, 0.2) is 0 Å². The molecular formula is C18H17ClN2O6. The van der Waals surface area contributed by atoms with Gasteiger partial charge in [-0.3, -0.25) is 14.9 Å². The maximum absolute atomic E-state index is 12.5. The Morgan fingerprint density at radius 2 is 1.93 bits per heavy atom. The standard InChI is InChI=1S/C18H17ClN2O6/c1-26-16-8-7-12(21(24)25)9-11(16)10-15(18(23)27-2)20-17(22)13-5-3-4-6-14(13)19/h3-9,15H,10H2,1-2H3,(H,20,22)/t15-/m0/s1. The van der Waals surface area contributed by atoms with Crippen LogP contribution in [0.5, 0.6) is 5.75 Å². The van der Waals surface area contributed by atoms with E-state index in [1.54, 1.807) is 18.2 Å². The Morgan fingerprint density at radius 1 is 1.22 bits per heavy atom. The third-order valence-corrected chi connectivity index (χ3v) is 4.14. The summed E-state index contributed by atoms with van der Waals surface area (Å²) in [5.41, 5.74) is 0.410. The van der Waals surface area contributed by atoms with Crippen molar-refractivity contribution >= 4 is 29.2 Å². The number of rotatable bonds is 7. The molecule has 1 amide bonds. The van der Waals surface area contributed by atoms with Crippen molar-refractivity contribution in [2.24, 2.45) is 0 Å². The summed E-state index contributed by atoms with van der Waals surface area (Å²) in [6.45, 7) is 0.